The number of nitrogens with one attached hydrogen (secondary N) is 2. The first kappa shape index (κ1) is 16.3. The Morgan fingerprint density at radius 2 is 1.80 bits per heavy atom. The van der Waals surface area contributed by atoms with Crippen LogP contribution in [0.4, 0.5) is 10.5 Å². The van der Waals surface area contributed by atoms with Gasteiger partial charge in [-0.2, -0.15) is 0 Å². The molecule has 0 bridgehead atoms. The standard InChI is InChI=1S/C15H25N3O2/c1-15(2,3)17-14(20)16-10-13(19)11-6-8-12(9-7-11)18(4)5/h6-9,13,19H,10H2,1-5H3,(H2,16,17,20)/t13-/m0/s1. The fraction of sp³-hybridized carbons (Fsp3) is 0.533. The quantitative estimate of drug-likeness (QED) is 0.788. The third-order valence-electron chi connectivity index (χ3n) is 2.74. The smallest absolute Gasteiger partial charge is 0.315 e. The highest BCUT2D eigenvalue weighted by Gasteiger charge is 2.15. The molecule has 2 amide bonds. The molecular formula is C15H25N3O2. The molecule has 0 aliphatic heterocycles. The zero-order chi connectivity index (χ0) is 15.3. The van der Waals surface area contributed by atoms with E-state index >= 15 is 0 Å². The average Bonchev–Trinajstić information content (AvgIpc) is 2.34. The molecule has 5 nitrogen and oxygen atoms in total. The number of aliphatic hydroxyl groups excluding tert-OH is 1. The van der Waals surface area contributed by atoms with Crippen LogP contribution in [0.1, 0.15) is 32.4 Å². The number of hydrogen-bond donors (Lipinski definition) is 3. The van der Waals surface area contributed by atoms with Crippen molar-refractivity contribution in [1.82, 2.24) is 10.6 Å². The van der Waals surface area contributed by atoms with E-state index in [0.29, 0.717) is 0 Å². The Balaban J connectivity index is 2.50. The summed E-state index contributed by atoms with van der Waals surface area (Å²) in [5.74, 6) is 0. The molecule has 1 atom stereocenters. The first-order valence-corrected chi connectivity index (χ1v) is 6.70. The number of rotatable bonds is 4. The van der Waals surface area contributed by atoms with Crippen molar-refractivity contribution in [2.24, 2.45) is 0 Å². The van der Waals surface area contributed by atoms with Crippen molar-refractivity contribution < 1.29 is 9.90 Å². The summed E-state index contributed by atoms with van der Waals surface area (Å²) < 4.78 is 0. The van der Waals surface area contributed by atoms with E-state index in [1.165, 1.54) is 0 Å². The van der Waals surface area contributed by atoms with E-state index in [9.17, 15) is 9.90 Å². The molecule has 3 N–H and O–H groups in total. The Bertz CT molecular complexity index is 435. The van der Waals surface area contributed by atoms with Gasteiger partial charge in [-0.25, -0.2) is 4.79 Å². The number of benzene rings is 1. The summed E-state index contributed by atoms with van der Waals surface area (Å²) in [7, 11) is 3.92. The van der Waals surface area contributed by atoms with Gasteiger partial charge in [0.15, 0.2) is 0 Å². The highest BCUT2D eigenvalue weighted by atomic mass is 16.3. The van der Waals surface area contributed by atoms with E-state index in [2.05, 4.69) is 10.6 Å². The molecule has 1 aromatic carbocycles. The summed E-state index contributed by atoms with van der Waals surface area (Å²) >= 11 is 0. The summed E-state index contributed by atoms with van der Waals surface area (Å²) in [5.41, 5.74) is 1.56. The molecule has 0 spiro atoms. The Morgan fingerprint density at radius 1 is 1.25 bits per heavy atom. The fourth-order valence-corrected chi connectivity index (χ4v) is 1.69. The fourth-order valence-electron chi connectivity index (χ4n) is 1.69. The van der Waals surface area contributed by atoms with Crippen molar-refractivity contribution in [3.63, 3.8) is 0 Å². The van der Waals surface area contributed by atoms with Crippen LogP contribution in [0, 0.1) is 0 Å². The Labute approximate surface area is 121 Å². The summed E-state index contributed by atoms with van der Waals surface area (Å²) in [6.45, 7) is 5.90. The zero-order valence-corrected chi connectivity index (χ0v) is 12.9. The second-order valence-electron chi connectivity index (χ2n) is 6.09. The highest BCUT2D eigenvalue weighted by molar-refractivity contribution is 5.74. The first-order valence-electron chi connectivity index (χ1n) is 6.70. The lowest BCUT2D eigenvalue weighted by Crippen LogP contribution is -2.47. The van der Waals surface area contributed by atoms with Crippen LogP contribution in [0.3, 0.4) is 0 Å². The number of nitrogens with zero attached hydrogens (tertiary/aromatic N) is 1. The van der Waals surface area contributed by atoms with Crippen LogP contribution in [0.2, 0.25) is 0 Å². The molecule has 0 aromatic heterocycles. The topological polar surface area (TPSA) is 64.6 Å². The van der Waals surface area contributed by atoms with Gasteiger partial charge in [-0.05, 0) is 38.5 Å². The van der Waals surface area contributed by atoms with Crippen LogP contribution < -0.4 is 15.5 Å². The van der Waals surface area contributed by atoms with Crippen LogP contribution in [0.25, 0.3) is 0 Å². The van der Waals surface area contributed by atoms with E-state index < -0.39 is 6.10 Å². The largest absolute Gasteiger partial charge is 0.387 e. The number of hydrogen-bond acceptors (Lipinski definition) is 3. The Kier molecular flexibility index (Phi) is 5.39. The molecule has 5 heteroatoms. The summed E-state index contributed by atoms with van der Waals surface area (Å²) in [5, 5.41) is 15.5. The molecule has 0 fully saturated rings. The molecule has 1 rings (SSSR count). The third-order valence-corrected chi connectivity index (χ3v) is 2.74. The van der Waals surface area contributed by atoms with Crippen molar-refractivity contribution in [2.75, 3.05) is 25.5 Å². The van der Waals surface area contributed by atoms with Crippen molar-refractivity contribution in [2.45, 2.75) is 32.4 Å². The number of carbonyl (C=O) groups excluding carboxylic acids is 1. The minimum atomic E-state index is -0.711. The second-order valence-corrected chi connectivity index (χ2v) is 6.09. The molecule has 0 radical (unpaired) electrons. The van der Waals surface area contributed by atoms with Gasteiger partial charge in [-0.1, -0.05) is 12.1 Å². The van der Waals surface area contributed by atoms with Gasteiger partial charge in [0, 0.05) is 31.9 Å². The van der Waals surface area contributed by atoms with Crippen LogP contribution >= 0.6 is 0 Å². The van der Waals surface area contributed by atoms with Gasteiger partial charge in [0.25, 0.3) is 0 Å². The maximum absolute atomic E-state index is 11.6. The van der Waals surface area contributed by atoms with Gasteiger partial charge in [-0.15, -0.1) is 0 Å². The second kappa shape index (κ2) is 6.61. The average molecular weight is 279 g/mol. The molecular weight excluding hydrogens is 254 g/mol. The van der Waals surface area contributed by atoms with Crippen LogP contribution in [0.5, 0.6) is 0 Å². The molecule has 0 aliphatic carbocycles. The normalized spacial score (nSPS) is 12.7. The summed E-state index contributed by atoms with van der Waals surface area (Å²) in [6, 6.07) is 7.33. The number of aliphatic hydroxyl groups is 1. The lowest BCUT2D eigenvalue weighted by molar-refractivity contribution is 0.171. The molecule has 20 heavy (non-hydrogen) atoms. The van der Waals surface area contributed by atoms with Gasteiger partial charge in [-0.3, -0.25) is 0 Å². The molecule has 1 aromatic rings. The van der Waals surface area contributed by atoms with Crippen LogP contribution in [-0.2, 0) is 0 Å². The van der Waals surface area contributed by atoms with E-state index in [0.717, 1.165) is 11.3 Å². The maximum atomic E-state index is 11.6. The first-order chi connectivity index (χ1) is 9.19. The third kappa shape index (κ3) is 5.48. The number of anilines is 1. The molecule has 0 saturated heterocycles. The Morgan fingerprint density at radius 3 is 2.25 bits per heavy atom. The molecule has 0 heterocycles. The van der Waals surface area contributed by atoms with Crippen molar-refractivity contribution in [3.05, 3.63) is 29.8 Å². The minimum absolute atomic E-state index is 0.184. The molecule has 0 unspecified atom stereocenters. The number of urea groups is 1. The predicted molar refractivity (Wildman–Crippen MR) is 82.0 cm³/mol. The van der Waals surface area contributed by atoms with E-state index in [1.54, 1.807) is 0 Å². The summed E-state index contributed by atoms with van der Waals surface area (Å²) in [6.07, 6.45) is -0.711. The van der Waals surface area contributed by atoms with Crippen molar-refractivity contribution in [3.8, 4) is 0 Å². The molecule has 0 saturated carbocycles. The minimum Gasteiger partial charge on any atom is -0.387 e. The predicted octanol–water partition coefficient (Wildman–Crippen LogP) is 1.88. The monoisotopic (exact) mass is 279 g/mol. The van der Waals surface area contributed by atoms with Crippen LogP contribution in [-0.4, -0.2) is 37.3 Å². The zero-order valence-electron chi connectivity index (χ0n) is 12.9. The van der Waals surface area contributed by atoms with Gasteiger partial charge < -0.3 is 20.6 Å². The Hall–Kier alpha value is -1.75. The summed E-state index contributed by atoms with van der Waals surface area (Å²) in [4.78, 5) is 13.6. The molecule has 112 valence electrons. The molecule has 0 aliphatic rings. The highest BCUT2D eigenvalue weighted by Crippen LogP contribution is 2.17. The lowest BCUT2D eigenvalue weighted by Gasteiger charge is -2.21. The van der Waals surface area contributed by atoms with Gasteiger partial charge in [0.2, 0.25) is 0 Å². The number of amides is 2. The van der Waals surface area contributed by atoms with E-state index in [-0.39, 0.29) is 18.1 Å². The van der Waals surface area contributed by atoms with Gasteiger partial charge >= 0.3 is 6.03 Å². The van der Waals surface area contributed by atoms with Gasteiger partial charge in [0.05, 0.1) is 6.10 Å². The van der Waals surface area contributed by atoms with Crippen molar-refractivity contribution in [1.29, 1.82) is 0 Å². The van der Waals surface area contributed by atoms with E-state index in [1.807, 2.05) is 64.0 Å². The van der Waals surface area contributed by atoms with Crippen molar-refractivity contribution >= 4 is 11.7 Å². The van der Waals surface area contributed by atoms with Gasteiger partial charge in [0.1, 0.15) is 0 Å². The lowest BCUT2D eigenvalue weighted by atomic mass is 10.1. The SMILES string of the molecule is CN(C)c1ccc([C@@H](O)CNC(=O)NC(C)(C)C)cc1. The van der Waals surface area contributed by atoms with E-state index in [4.69, 9.17) is 0 Å². The maximum Gasteiger partial charge on any atom is 0.315 e. The number of carbonyl (C=O) groups is 1. The van der Waals surface area contributed by atoms with Crippen LogP contribution in [0.15, 0.2) is 24.3 Å².